The highest BCUT2D eigenvalue weighted by Crippen LogP contribution is 2.32. The zero-order chi connectivity index (χ0) is 15.4. The molecule has 2 aromatic rings. The maximum Gasteiger partial charge on any atom is 0.263 e. The molecule has 1 aromatic heterocycles. The number of thiophene rings is 1. The molecule has 1 heterocycles. The molecule has 3 nitrogen and oxygen atoms in total. The van der Waals surface area contributed by atoms with Gasteiger partial charge >= 0.3 is 0 Å². The summed E-state index contributed by atoms with van der Waals surface area (Å²) in [6.07, 6.45) is 0. The number of hydrogen-bond donors (Lipinski definition) is 0. The van der Waals surface area contributed by atoms with Crippen LogP contribution in [0, 0.1) is 5.82 Å². The van der Waals surface area contributed by atoms with E-state index in [2.05, 4.69) is 31.9 Å². The normalized spacial score (nSPS) is 10.5. The van der Waals surface area contributed by atoms with Gasteiger partial charge in [-0.3, -0.25) is 4.79 Å². The van der Waals surface area contributed by atoms with Crippen LogP contribution < -0.4 is 4.74 Å². The molecule has 0 atom stereocenters. The SMILES string of the molecule is CN(CCOc1ccccc1F)C(=O)c1cc(Br)c(Br)s1. The number of carbonyl (C=O) groups excluding carboxylic acids is 1. The van der Waals surface area contributed by atoms with Crippen molar-refractivity contribution in [2.75, 3.05) is 20.2 Å². The third kappa shape index (κ3) is 4.28. The lowest BCUT2D eigenvalue weighted by Gasteiger charge is -2.16. The van der Waals surface area contributed by atoms with Crippen LogP contribution >= 0.6 is 43.2 Å². The molecule has 0 unspecified atom stereocenters. The second kappa shape index (κ2) is 7.38. The minimum absolute atomic E-state index is 0.0940. The molecule has 1 aromatic carbocycles. The quantitative estimate of drug-likeness (QED) is 0.687. The Kier molecular flexibility index (Phi) is 5.78. The Labute approximate surface area is 143 Å². The number of hydrogen-bond acceptors (Lipinski definition) is 3. The van der Waals surface area contributed by atoms with E-state index >= 15 is 0 Å². The summed E-state index contributed by atoms with van der Waals surface area (Å²) in [6.45, 7) is 0.608. The van der Waals surface area contributed by atoms with Gasteiger partial charge < -0.3 is 9.64 Å². The summed E-state index contributed by atoms with van der Waals surface area (Å²) < 4.78 is 20.4. The van der Waals surface area contributed by atoms with Crippen molar-refractivity contribution in [3.05, 3.63) is 49.3 Å². The number of likely N-dealkylation sites (N-methyl/N-ethyl adjacent to an activating group) is 1. The minimum Gasteiger partial charge on any atom is -0.489 e. The molecule has 1 amide bonds. The van der Waals surface area contributed by atoms with Crippen LogP contribution in [-0.4, -0.2) is 31.0 Å². The fourth-order valence-electron chi connectivity index (χ4n) is 1.60. The van der Waals surface area contributed by atoms with E-state index in [-0.39, 0.29) is 18.3 Å². The van der Waals surface area contributed by atoms with Crippen molar-refractivity contribution < 1.29 is 13.9 Å². The third-order valence-electron chi connectivity index (χ3n) is 2.72. The smallest absolute Gasteiger partial charge is 0.263 e. The molecule has 0 N–H and O–H groups in total. The molecule has 0 spiro atoms. The Balaban J connectivity index is 1.88. The maximum absolute atomic E-state index is 13.4. The zero-order valence-electron chi connectivity index (χ0n) is 11.1. The van der Waals surface area contributed by atoms with Gasteiger partial charge in [-0.15, -0.1) is 11.3 Å². The fourth-order valence-corrected chi connectivity index (χ4v) is 3.63. The monoisotopic (exact) mass is 435 g/mol. The highest BCUT2D eigenvalue weighted by Gasteiger charge is 2.16. The lowest BCUT2D eigenvalue weighted by molar-refractivity contribution is 0.0777. The van der Waals surface area contributed by atoms with Crippen molar-refractivity contribution in [3.8, 4) is 5.75 Å². The van der Waals surface area contributed by atoms with Gasteiger partial charge in [0.05, 0.1) is 15.2 Å². The molecule has 21 heavy (non-hydrogen) atoms. The Morgan fingerprint density at radius 2 is 2.10 bits per heavy atom. The van der Waals surface area contributed by atoms with Crippen molar-refractivity contribution in [1.82, 2.24) is 4.90 Å². The van der Waals surface area contributed by atoms with E-state index in [9.17, 15) is 9.18 Å². The zero-order valence-corrected chi connectivity index (χ0v) is 15.1. The van der Waals surface area contributed by atoms with Gasteiger partial charge in [-0.1, -0.05) is 12.1 Å². The van der Waals surface area contributed by atoms with Crippen LogP contribution in [0.15, 0.2) is 38.6 Å². The number of halogens is 3. The van der Waals surface area contributed by atoms with Crippen LogP contribution in [-0.2, 0) is 0 Å². The molecule has 7 heteroatoms. The average Bonchev–Trinajstić information content (AvgIpc) is 2.80. The number of ether oxygens (including phenoxy) is 1. The predicted molar refractivity (Wildman–Crippen MR) is 88.6 cm³/mol. The van der Waals surface area contributed by atoms with E-state index in [1.165, 1.54) is 17.4 Å². The molecular weight excluding hydrogens is 425 g/mol. The first-order valence-electron chi connectivity index (χ1n) is 6.06. The van der Waals surface area contributed by atoms with Gasteiger partial charge in [-0.2, -0.15) is 0 Å². The van der Waals surface area contributed by atoms with Crippen LogP contribution in [0.1, 0.15) is 9.67 Å². The number of nitrogens with zero attached hydrogens (tertiary/aromatic N) is 1. The highest BCUT2D eigenvalue weighted by molar-refractivity contribution is 9.13. The summed E-state index contributed by atoms with van der Waals surface area (Å²) in [5.74, 6) is -0.305. The first-order valence-corrected chi connectivity index (χ1v) is 8.47. The van der Waals surface area contributed by atoms with Crippen molar-refractivity contribution in [2.24, 2.45) is 0 Å². The van der Waals surface area contributed by atoms with Gasteiger partial charge in [0.25, 0.3) is 5.91 Å². The van der Waals surface area contributed by atoms with Crippen LogP contribution in [0.4, 0.5) is 4.39 Å². The maximum atomic E-state index is 13.4. The van der Waals surface area contributed by atoms with Gasteiger partial charge in [0, 0.05) is 11.5 Å². The van der Waals surface area contributed by atoms with Gasteiger partial charge in [0.2, 0.25) is 0 Å². The summed E-state index contributed by atoms with van der Waals surface area (Å²) in [4.78, 5) is 14.4. The van der Waals surface area contributed by atoms with Crippen molar-refractivity contribution in [2.45, 2.75) is 0 Å². The van der Waals surface area contributed by atoms with Gasteiger partial charge in [0.1, 0.15) is 6.61 Å². The standard InChI is InChI=1S/C14H12Br2FNO2S/c1-18(14(19)12-8-9(15)13(16)21-12)6-7-20-11-5-3-2-4-10(11)17/h2-5,8H,6-7H2,1H3. The van der Waals surface area contributed by atoms with Crippen molar-refractivity contribution in [1.29, 1.82) is 0 Å². The molecule has 0 fully saturated rings. The second-order valence-electron chi connectivity index (χ2n) is 4.24. The van der Waals surface area contributed by atoms with E-state index in [0.29, 0.717) is 11.4 Å². The Bertz CT molecular complexity index is 628. The largest absolute Gasteiger partial charge is 0.489 e. The fraction of sp³-hybridized carbons (Fsp3) is 0.214. The molecule has 0 radical (unpaired) electrons. The predicted octanol–water partition coefficient (Wildman–Crippen LogP) is 4.56. The van der Waals surface area contributed by atoms with E-state index in [1.807, 2.05) is 0 Å². The van der Waals surface area contributed by atoms with Gasteiger partial charge in [0.15, 0.2) is 11.6 Å². The molecule has 112 valence electrons. The van der Waals surface area contributed by atoms with E-state index < -0.39 is 5.82 Å². The number of para-hydroxylation sites is 1. The molecule has 2 rings (SSSR count). The molecule has 0 aliphatic carbocycles. The highest BCUT2D eigenvalue weighted by atomic mass is 79.9. The summed E-state index contributed by atoms with van der Waals surface area (Å²) in [6, 6.07) is 7.97. The van der Waals surface area contributed by atoms with Crippen LogP contribution in [0.3, 0.4) is 0 Å². The Morgan fingerprint density at radius 1 is 1.38 bits per heavy atom. The number of rotatable bonds is 5. The molecule has 0 aliphatic rings. The second-order valence-corrected chi connectivity index (χ2v) is 7.46. The lowest BCUT2D eigenvalue weighted by Crippen LogP contribution is -2.30. The van der Waals surface area contributed by atoms with E-state index in [1.54, 1.807) is 36.2 Å². The average molecular weight is 437 g/mol. The molecule has 0 saturated heterocycles. The topological polar surface area (TPSA) is 29.5 Å². The van der Waals surface area contributed by atoms with Gasteiger partial charge in [-0.05, 0) is 50.1 Å². The Hall–Kier alpha value is -0.920. The van der Waals surface area contributed by atoms with Crippen molar-refractivity contribution in [3.63, 3.8) is 0 Å². The number of benzene rings is 1. The van der Waals surface area contributed by atoms with E-state index in [4.69, 9.17) is 4.74 Å². The van der Waals surface area contributed by atoms with E-state index in [0.717, 1.165) is 8.26 Å². The third-order valence-corrected chi connectivity index (χ3v) is 5.97. The first-order chi connectivity index (χ1) is 9.99. The molecule has 0 aliphatic heterocycles. The molecule has 0 saturated carbocycles. The van der Waals surface area contributed by atoms with Crippen molar-refractivity contribution >= 4 is 49.1 Å². The molecular formula is C14H12Br2FNO2S. The summed E-state index contributed by atoms with van der Waals surface area (Å²) in [7, 11) is 1.69. The molecule has 0 bridgehead atoms. The number of amides is 1. The summed E-state index contributed by atoms with van der Waals surface area (Å²) >= 11 is 8.07. The summed E-state index contributed by atoms with van der Waals surface area (Å²) in [5.41, 5.74) is 0. The minimum atomic E-state index is -0.405. The summed E-state index contributed by atoms with van der Waals surface area (Å²) in [5, 5.41) is 0. The Morgan fingerprint density at radius 3 is 2.71 bits per heavy atom. The van der Waals surface area contributed by atoms with Crippen LogP contribution in [0.5, 0.6) is 5.75 Å². The van der Waals surface area contributed by atoms with Gasteiger partial charge in [-0.25, -0.2) is 4.39 Å². The number of carbonyl (C=O) groups is 1. The van der Waals surface area contributed by atoms with Crippen LogP contribution in [0.2, 0.25) is 0 Å². The lowest BCUT2D eigenvalue weighted by atomic mass is 10.3. The van der Waals surface area contributed by atoms with Crippen LogP contribution in [0.25, 0.3) is 0 Å². The first kappa shape index (κ1) is 16.5.